The van der Waals surface area contributed by atoms with Gasteiger partial charge in [-0.3, -0.25) is 4.79 Å². The molecule has 1 unspecified atom stereocenters. The van der Waals surface area contributed by atoms with Crippen molar-refractivity contribution in [2.24, 2.45) is 5.73 Å². The Labute approximate surface area is 128 Å². The number of carbonyl (C=O) groups is 1. The summed E-state index contributed by atoms with van der Waals surface area (Å²) in [6.07, 6.45) is 0.820. The first-order chi connectivity index (χ1) is 10.1. The van der Waals surface area contributed by atoms with Gasteiger partial charge < -0.3 is 16.0 Å². The van der Waals surface area contributed by atoms with Crippen molar-refractivity contribution < 1.29 is 4.79 Å². The molecule has 108 valence electrons. The zero-order valence-corrected chi connectivity index (χ0v) is 12.6. The topological polar surface area (TPSA) is 58.4 Å². The number of rotatable bonds is 3. The summed E-state index contributed by atoms with van der Waals surface area (Å²) in [6, 6.07) is 11.6. The number of nitrogens with two attached hydrogens (primary N) is 1. The van der Waals surface area contributed by atoms with Gasteiger partial charge in [0.25, 0.3) is 0 Å². The molecule has 1 atom stereocenters. The monoisotopic (exact) mass is 299 g/mol. The summed E-state index contributed by atoms with van der Waals surface area (Å²) in [4.78, 5) is 14.2. The molecule has 21 heavy (non-hydrogen) atoms. The normalized spacial score (nSPS) is 18.2. The molecule has 0 spiro atoms. The molecule has 1 aliphatic heterocycles. The number of hydrogen-bond donors (Lipinski definition) is 2. The molecule has 2 aromatic carbocycles. The van der Waals surface area contributed by atoms with E-state index in [1.54, 1.807) is 4.90 Å². The molecule has 2 aromatic rings. The number of thiocarbonyl (C=S) groups is 1. The van der Waals surface area contributed by atoms with E-state index < -0.39 is 0 Å². The van der Waals surface area contributed by atoms with Crippen molar-refractivity contribution in [3.63, 3.8) is 0 Å². The second-order valence-electron chi connectivity index (χ2n) is 5.32. The molecule has 3 N–H and O–H groups in total. The van der Waals surface area contributed by atoms with Gasteiger partial charge in [-0.2, -0.15) is 0 Å². The molecular weight excluding hydrogens is 282 g/mol. The molecule has 0 saturated carbocycles. The van der Waals surface area contributed by atoms with Crippen LogP contribution in [-0.2, 0) is 4.79 Å². The third-order valence-electron chi connectivity index (χ3n) is 3.95. The highest BCUT2D eigenvalue weighted by Crippen LogP contribution is 2.28. The molecule has 1 amide bonds. The number of anilines is 1. The predicted octanol–water partition coefficient (Wildman–Crippen LogP) is 2.12. The van der Waals surface area contributed by atoms with Crippen LogP contribution in [0.4, 0.5) is 5.69 Å². The van der Waals surface area contributed by atoms with Gasteiger partial charge in [-0.1, -0.05) is 36.5 Å². The van der Waals surface area contributed by atoms with Gasteiger partial charge in [-0.05, 0) is 23.9 Å². The number of nitrogens with zero attached hydrogens (tertiary/aromatic N) is 1. The zero-order chi connectivity index (χ0) is 15.0. The smallest absolute Gasteiger partial charge is 0.244 e. The highest BCUT2D eigenvalue weighted by Gasteiger charge is 2.29. The number of fused-ring (bicyclic) bond motifs is 1. The standard InChI is InChI=1S/C16H17N3OS/c1-19-9-8-14(16(19)20)18-13-7-6-12(15(17)21)10-4-2-3-5-11(10)13/h2-7,14,18H,8-9H2,1H3,(H2,17,21). The number of likely N-dealkylation sites (N-methyl/N-ethyl adjacent to an activating group) is 1. The number of carbonyl (C=O) groups excluding carboxylic acids is 1. The van der Waals surface area contributed by atoms with Crippen molar-refractivity contribution in [2.45, 2.75) is 12.5 Å². The summed E-state index contributed by atoms with van der Waals surface area (Å²) in [7, 11) is 1.83. The fourth-order valence-corrected chi connectivity index (χ4v) is 2.96. The third-order valence-corrected chi connectivity index (χ3v) is 4.17. The van der Waals surface area contributed by atoms with Crippen molar-refractivity contribution in [2.75, 3.05) is 18.9 Å². The molecule has 3 rings (SSSR count). The largest absolute Gasteiger partial charge is 0.389 e. The Balaban J connectivity index is 2.02. The number of nitrogens with one attached hydrogen (secondary N) is 1. The first kappa shape index (κ1) is 13.8. The minimum Gasteiger partial charge on any atom is -0.389 e. The first-order valence-corrected chi connectivity index (χ1v) is 7.32. The second-order valence-corrected chi connectivity index (χ2v) is 5.76. The minimum absolute atomic E-state index is 0.137. The molecule has 0 aromatic heterocycles. The quantitative estimate of drug-likeness (QED) is 0.852. The van der Waals surface area contributed by atoms with Gasteiger partial charge in [-0.25, -0.2) is 0 Å². The van der Waals surface area contributed by atoms with E-state index in [1.807, 2.05) is 43.4 Å². The molecule has 1 heterocycles. The van der Waals surface area contributed by atoms with Crippen LogP contribution in [0.1, 0.15) is 12.0 Å². The summed E-state index contributed by atoms with van der Waals surface area (Å²) in [6.45, 7) is 0.791. The van der Waals surface area contributed by atoms with Crippen LogP contribution in [0.25, 0.3) is 10.8 Å². The molecule has 5 heteroatoms. The lowest BCUT2D eigenvalue weighted by Gasteiger charge is -2.16. The van der Waals surface area contributed by atoms with Gasteiger partial charge in [-0.15, -0.1) is 0 Å². The van der Waals surface area contributed by atoms with E-state index in [0.29, 0.717) is 4.99 Å². The van der Waals surface area contributed by atoms with E-state index in [-0.39, 0.29) is 11.9 Å². The molecule has 0 aliphatic carbocycles. The van der Waals surface area contributed by atoms with Crippen LogP contribution in [0.5, 0.6) is 0 Å². The van der Waals surface area contributed by atoms with Gasteiger partial charge in [0.2, 0.25) is 5.91 Å². The maximum absolute atomic E-state index is 12.0. The van der Waals surface area contributed by atoms with Gasteiger partial charge >= 0.3 is 0 Å². The van der Waals surface area contributed by atoms with Gasteiger partial charge in [0, 0.05) is 30.2 Å². The van der Waals surface area contributed by atoms with Gasteiger partial charge in [0.05, 0.1) is 0 Å². The molecule has 1 saturated heterocycles. The fourth-order valence-electron chi connectivity index (χ4n) is 2.78. The minimum atomic E-state index is -0.158. The van der Waals surface area contributed by atoms with Crippen LogP contribution >= 0.6 is 12.2 Å². The molecular formula is C16H17N3OS. The van der Waals surface area contributed by atoms with E-state index in [2.05, 4.69) is 5.32 Å². The lowest BCUT2D eigenvalue weighted by molar-refractivity contribution is -0.127. The van der Waals surface area contributed by atoms with Gasteiger partial charge in [0.15, 0.2) is 0 Å². The lowest BCUT2D eigenvalue weighted by atomic mass is 10.0. The maximum atomic E-state index is 12.0. The van der Waals surface area contributed by atoms with E-state index in [4.69, 9.17) is 18.0 Å². The van der Waals surface area contributed by atoms with Crippen LogP contribution in [-0.4, -0.2) is 35.4 Å². The average molecular weight is 299 g/mol. The lowest BCUT2D eigenvalue weighted by Crippen LogP contribution is -2.31. The summed E-state index contributed by atoms with van der Waals surface area (Å²) in [5, 5.41) is 5.40. The van der Waals surface area contributed by atoms with Crippen LogP contribution in [0.2, 0.25) is 0 Å². The summed E-state index contributed by atoms with van der Waals surface area (Å²) < 4.78 is 0. The van der Waals surface area contributed by atoms with Crippen molar-refractivity contribution in [3.8, 4) is 0 Å². The van der Waals surface area contributed by atoms with Crippen LogP contribution in [0.3, 0.4) is 0 Å². The summed E-state index contributed by atoms with van der Waals surface area (Å²) >= 11 is 5.11. The van der Waals surface area contributed by atoms with Crippen molar-refractivity contribution in [1.82, 2.24) is 4.90 Å². The Morgan fingerprint density at radius 2 is 2.00 bits per heavy atom. The Morgan fingerprint density at radius 1 is 1.29 bits per heavy atom. The van der Waals surface area contributed by atoms with Crippen molar-refractivity contribution >= 4 is 39.6 Å². The Hall–Kier alpha value is -2.14. The highest BCUT2D eigenvalue weighted by molar-refractivity contribution is 7.80. The first-order valence-electron chi connectivity index (χ1n) is 6.91. The molecule has 1 fully saturated rings. The maximum Gasteiger partial charge on any atom is 0.244 e. The molecule has 4 nitrogen and oxygen atoms in total. The summed E-state index contributed by atoms with van der Waals surface area (Å²) in [5.74, 6) is 0.137. The number of amides is 1. The highest BCUT2D eigenvalue weighted by atomic mass is 32.1. The predicted molar refractivity (Wildman–Crippen MR) is 89.5 cm³/mol. The average Bonchev–Trinajstić information content (AvgIpc) is 2.79. The number of likely N-dealkylation sites (tertiary alicyclic amines) is 1. The zero-order valence-electron chi connectivity index (χ0n) is 11.8. The van der Waals surface area contributed by atoms with E-state index >= 15 is 0 Å². The SMILES string of the molecule is CN1CCC(Nc2ccc(C(N)=S)c3ccccc23)C1=O. The van der Waals surface area contributed by atoms with E-state index in [1.165, 1.54) is 0 Å². The molecule has 0 radical (unpaired) electrons. The van der Waals surface area contributed by atoms with Crippen LogP contribution in [0.15, 0.2) is 36.4 Å². The van der Waals surface area contributed by atoms with Gasteiger partial charge in [0.1, 0.15) is 11.0 Å². The van der Waals surface area contributed by atoms with Crippen molar-refractivity contribution in [1.29, 1.82) is 0 Å². The van der Waals surface area contributed by atoms with E-state index in [9.17, 15) is 4.79 Å². The van der Waals surface area contributed by atoms with Crippen LogP contribution in [0, 0.1) is 0 Å². The van der Waals surface area contributed by atoms with Crippen molar-refractivity contribution in [3.05, 3.63) is 42.0 Å². The third kappa shape index (κ3) is 2.45. The molecule has 0 bridgehead atoms. The fraction of sp³-hybridized carbons (Fsp3) is 0.250. The van der Waals surface area contributed by atoms with Crippen LogP contribution < -0.4 is 11.1 Å². The Morgan fingerprint density at radius 3 is 2.62 bits per heavy atom. The number of hydrogen-bond acceptors (Lipinski definition) is 3. The molecule has 1 aliphatic rings. The second kappa shape index (κ2) is 5.33. The summed E-state index contributed by atoms with van der Waals surface area (Å²) in [5.41, 5.74) is 7.59. The number of benzene rings is 2. The Bertz CT molecular complexity index is 729. The van der Waals surface area contributed by atoms with E-state index in [0.717, 1.165) is 35.0 Å². The Kier molecular flexibility index (Phi) is 3.51.